The van der Waals surface area contributed by atoms with Gasteiger partial charge in [0.25, 0.3) is 5.91 Å². The standard InChI is InChI=1S/C20H26FN5O2/c1-14(2)10-26-13-23-24-18(26)16-11-25(12-20(16)4-7-28-8-5-20)19(27)15-3-6-22-9-17(15)21/h3,6,9,13-14,16H,4-5,7-8,10-12H2,1-2H3. The number of halogens is 1. The summed E-state index contributed by atoms with van der Waals surface area (Å²) < 4.78 is 21.9. The van der Waals surface area contributed by atoms with Crippen LogP contribution in [0.15, 0.2) is 24.8 Å². The van der Waals surface area contributed by atoms with Crippen molar-refractivity contribution in [1.29, 1.82) is 0 Å². The van der Waals surface area contributed by atoms with Crippen LogP contribution in [0.1, 0.15) is 48.8 Å². The number of hydrogen-bond donors (Lipinski definition) is 0. The summed E-state index contributed by atoms with van der Waals surface area (Å²) in [5, 5.41) is 8.58. The van der Waals surface area contributed by atoms with Gasteiger partial charge >= 0.3 is 0 Å². The number of likely N-dealkylation sites (tertiary alicyclic amines) is 1. The molecule has 0 aliphatic carbocycles. The van der Waals surface area contributed by atoms with Gasteiger partial charge in [0, 0.05) is 50.4 Å². The number of pyridine rings is 1. The van der Waals surface area contributed by atoms with E-state index >= 15 is 0 Å². The highest BCUT2D eigenvalue weighted by Crippen LogP contribution is 2.49. The van der Waals surface area contributed by atoms with Crippen molar-refractivity contribution in [2.24, 2.45) is 11.3 Å². The maximum Gasteiger partial charge on any atom is 0.256 e. The van der Waals surface area contributed by atoms with E-state index < -0.39 is 5.82 Å². The first kappa shape index (κ1) is 19.0. The van der Waals surface area contributed by atoms with Gasteiger partial charge in [0.1, 0.15) is 12.2 Å². The molecule has 150 valence electrons. The molecule has 1 unspecified atom stereocenters. The normalized spacial score (nSPS) is 21.6. The van der Waals surface area contributed by atoms with Gasteiger partial charge in [-0.25, -0.2) is 4.39 Å². The molecule has 2 aromatic rings. The predicted molar refractivity (Wildman–Crippen MR) is 100 cm³/mol. The van der Waals surface area contributed by atoms with E-state index in [-0.39, 0.29) is 22.8 Å². The molecule has 28 heavy (non-hydrogen) atoms. The average molecular weight is 387 g/mol. The highest BCUT2D eigenvalue weighted by Gasteiger charge is 2.51. The van der Waals surface area contributed by atoms with E-state index in [1.165, 1.54) is 12.3 Å². The van der Waals surface area contributed by atoms with Crippen molar-refractivity contribution in [2.75, 3.05) is 26.3 Å². The third-order valence-electron chi connectivity index (χ3n) is 5.95. The zero-order chi connectivity index (χ0) is 19.7. The summed E-state index contributed by atoms with van der Waals surface area (Å²) in [7, 11) is 0. The molecule has 2 saturated heterocycles. The number of carbonyl (C=O) groups excluding carboxylic acids is 1. The first-order chi connectivity index (χ1) is 13.5. The molecule has 1 spiro atoms. The Bertz CT molecular complexity index is 847. The van der Waals surface area contributed by atoms with Crippen LogP contribution in [0.5, 0.6) is 0 Å². The Labute approximate surface area is 163 Å². The van der Waals surface area contributed by atoms with Gasteiger partial charge in [-0.1, -0.05) is 13.8 Å². The van der Waals surface area contributed by atoms with E-state index in [1.54, 1.807) is 11.2 Å². The fourth-order valence-corrected chi connectivity index (χ4v) is 4.55. The SMILES string of the molecule is CC(C)Cn1cnnc1C1CN(C(=O)c2ccncc2F)CC12CCOCC2. The maximum atomic E-state index is 14.1. The molecule has 2 fully saturated rings. The van der Waals surface area contributed by atoms with Gasteiger partial charge in [-0.2, -0.15) is 0 Å². The van der Waals surface area contributed by atoms with Gasteiger partial charge in [0.05, 0.1) is 11.8 Å². The molecular formula is C20H26FN5O2. The smallest absolute Gasteiger partial charge is 0.256 e. The minimum atomic E-state index is -0.583. The molecular weight excluding hydrogens is 361 g/mol. The Kier molecular flexibility index (Phi) is 5.14. The van der Waals surface area contributed by atoms with Gasteiger partial charge in [-0.3, -0.25) is 9.78 Å². The van der Waals surface area contributed by atoms with Gasteiger partial charge in [-0.05, 0) is 24.8 Å². The number of nitrogens with zero attached hydrogens (tertiary/aromatic N) is 5. The van der Waals surface area contributed by atoms with Gasteiger partial charge in [0.15, 0.2) is 5.82 Å². The van der Waals surface area contributed by atoms with Crippen LogP contribution < -0.4 is 0 Å². The van der Waals surface area contributed by atoms with Crippen LogP contribution in [0, 0.1) is 17.2 Å². The maximum absolute atomic E-state index is 14.1. The van der Waals surface area contributed by atoms with Crippen molar-refractivity contribution in [3.8, 4) is 0 Å². The quantitative estimate of drug-likeness (QED) is 0.806. The van der Waals surface area contributed by atoms with Crippen molar-refractivity contribution < 1.29 is 13.9 Å². The molecule has 4 rings (SSSR count). The Hall–Kier alpha value is -2.35. The molecule has 2 aliphatic rings. The number of aromatic nitrogens is 4. The van der Waals surface area contributed by atoms with Gasteiger partial charge < -0.3 is 14.2 Å². The lowest BCUT2D eigenvalue weighted by Crippen LogP contribution is -2.38. The number of carbonyl (C=O) groups is 1. The molecule has 1 amide bonds. The number of amides is 1. The first-order valence-corrected chi connectivity index (χ1v) is 9.84. The molecule has 2 aromatic heterocycles. The molecule has 1 atom stereocenters. The molecule has 2 aliphatic heterocycles. The van der Waals surface area contributed by atoms with Gasteiger partial charge in [-0.15, -0.1) is 10.2 Å². The minimum Gasteiger partial charge on any atom is -0.381 e. The Morgan fingerprint density at radius 3 is 2.89 bits per heavy atom. The van der Waals surface area contributed by atoms with Crippen molar-refractivity contribution in [3.63, 3.8) is 0 Å². The number of rotatable bonds is 4. The van der Waals surface area contributed by atoms with E-state index in [0.717, 1.165) is 31.4 Å². The highest BCUT2D eigenvalue weighted by atomic mass is 19.1. The number of ether oxygens (including phenoxy) is 1. The van der Waals surface area contributed by atoms with E-state index in [4.69, 9.17) is 4.74 Å². The lowest BCUT2D eigenvalue weighted by atomic mass is 9.71. The van der Waals surface area contributed by atoms with Crippen LogP contribution >= 0.6 is 0 Å². The molecule has 0 saturated carbocycles. The summed E-state index contributed by atoms with van der Waals surface area (Å²) in [4.78, 5) is 18.6. The summed E-state index contributed by atoms with van der Waals surface area (Å²) in [6.07, 6.45) is 6.02. The summed E-state index contributed by atoms with van der Waals surface area (Å²) in [5.74, 6) is 0.571. The van der Waals surface area contributed by atoms with Crippen LogP contribution in [0.25, 0.3) is 0 Å². The Morgan fingerprint density at radius 1 is 1.39 bits per heavy atom. The highest BCUT2D eigenvalue weighted by molar-refractivity contribution is 5.94. The topological polar surface area (TPSA) is 73.1 Å². The average Bonchev–Trinajstić information content (AvgIpc) is 3.26. The van der Waals surface area contributed by atoms with Crippen LogP contribution in [0.3, 0.4) is 0 Å². The van der Waals surface area contributed by atoms with Crippen molar-refractivity contribution >= 4 is 5.91 Å². The molecule has 0 aromatic carbocycles. The van der Waals surface area contributed by atoms with Crippen LogP contribution in [-0.2, 0) is 11.3 Å². The zero-order valence-corrected chi connectivity index (χ0v) is 16.3. The van der Waals surface area contributed by atoms with Crippen LogP contribution in [0.4, 0.5) is 4.39 Å². The van der Waals surface area contributed by atoms with Crippen molar-refractivity contribution in [1.82, 2.24) is 24.6 Å². The second-order valence-corrected chi connectivity index (χ2v) is 8.30. The molecule has 8 heteroatoms. The van der Waals surface area contributed by atoms with Crippen molar-refractivity contribution in [3.05, 3.63) is 42.0 Å². The first-order valence-electron chi connectivity index (χ1n) is 9.84. The zero-order valence-electron chi connectivity index (χ0n) is 16.3. The fraction of sp³-hybridized carbons (Fsp3) is 0.600. The summed E-state index contributed by atoms with van der Waals surface area (Å²) in [6.45, 7) is 7.57. The van der Waals surface area contributed by atoms with Crippen LogP contribution in [-0.4, -0.2) is 56.9 Å². The van der Waals surface area contributed by atoms with Crippen LogP contribution in [0.2, 0.25) is 0 Å². The number of hydrogen-bond acceptors (Lipinski definition) is 5. The Balaban J connectivity index is 1.66. The Morgan fingerprint density at radius 2 is 2.18 bits per heavy atom. The molecule has 0 radical (unpaired) electrons. The third-order valence-corrected chi connectivity index (χ3v) is 5.95. The summed E-state index contributed by atoms with van der Waals surface area (Å²) >= 11 is 0. The fourth-order valence-electron chi connectivity index (χ4n) is 4.55. The summed E-state index contributed by atoms with van der Waals surface area (Å²) in [5.41, 5.74) is -0.0411. The second-order valence-electron chi connectivity index (χ2n) is 8.30. The lowest BCUT2D eigenvalue weighted by molar-refractivity contribution is 0.0106. The molecule has 0 bridgehead atoms. The molecule has 0 N–H and O–H groups in total. The predicted octanol–water partition coefficient (Wildman–Crippen LogP) is 2.50. The van der Waals surface area contributed by atoms with Crippen molar-refractivity contribution in [2.45, 2.75) is 39.2 Å². The minimum absolute atomic E-state index is 0.0616. The summed E-state index contributed by atoms with van der Waals surface area (Å²) in [6, 6.07) is 1.45. The third kappa shape index (κ3) is 3.41. The van der Waals surface area contributed by atoms with E-state index in [9.17, 15) is 9.18 Å². The molecule has 7 nitrogen and oxygen atoms in total. The monoisotopic (exact) mass is 387 g/mol. The molecule has 4 heterocycles. The van der Waals surface area contributed by atoms with Gasteiger partial charge in [0.2, 0.25) is 0 Å². The van der Waals surface area contributed by atoms with E-state index in [1.807, 2.05) is 0 Å². The second kappa shape index (κ2) is 7.58. The van der Waals surface area contributed by atoms with E-state index in [2.05, 4.69) is 33.6 Å². The lowest BCUT2D eigenvalue weighted by Gasteiger charge is -2.37. The largest absolute Gasteiger partial charge is 0.381 e. The van der Waals surface area contributed by atoms with E-state index in [0.29, 0.717) is 32.2 Å².